The summed E-state index contributed by atoms with van der Waals surface area (Å²) in [5, 5.41) is 7.99. The van der Waals surface area contributed by atoms with Gasteiger partial charge in [-0.2, -0.15) is 0 Å². The van der Waals surface area contributed by atoms with Gasteiger partial charge in [0.05, 0.1) is 17.6 Å². The lowest BCUT2D eigenvalue weighted by Gasteiger charge is -2.10. The first-order valence-corrected chi connectivity index (χ1v) is 9.05. The molecule has 0 fully saturated rings. The number of carbonyl (C=O) groups is 1. The summed E-state index contributed by atoms with van der Waals surface area (Å²) in [6, 6.07) is 23.5. The van der Waals surface area contributed by atoms with E-state index in [1.54, 1.807) is 0 Å². The SMILES string of the molecule is O=C(Cc1noc2ccccc12)OCc1nc2ccccc2c2ccccc12. The number of para-hydroxylation sites is 2. The topological polar surface area (TPSA) is 65.2 Å². The first-order chi connectivity index (χ1) is 13.8. The Kier molecular flexibility index (Phi) is 3.98. The number of pyridine rings is 1. The van der Waals surface area contributed by atoms with Crippen LogP contribution in [0.4, 0.5) is 0 Å². The molecule has 3 aromatic carbocycles. The normalized spacial score (nSPS) is 11.3. The molecule has 0 saturated heterocycles. The number of benzene rings is 3. The monoisotopic (exact) mass is 368 g/mol. The summed E-state index contributed by atoms with van der Waals surface area (Å²) in [6.07, 6.45) is 0.0581. The molecule has 0 aliphatic rings. The number of hydrogen-bond donors (Lipinski definition) is 0. The summed E-state index contributed by atoms with van der Waals surface area (Å²) in [7, 11) is 0. The Morgan fingerprint density at radius 3 is 2.32 bits per heavy atom. The Hall–Kier alpha value is -3.73. The number of fused-ring (bicyclic) bond motifs is 4. The molecule has 0 amide bonds. The van der Waals surface area contributed by atoms with Gasteiger partial charge in [0.15, 0.2) is 5.58 Å². The Balaban J connectivity index is 1.41. The molecule has 0 N–H and O–H groups in total. The highest BCUT2D eigenvalue weighted by Crippen LogP contribution is 2.26. The van der Waals surface area contributed by atoms with Crippen LogP contribution in [0.25, 0.3) is 32.6 Å². The van der Waals surface area contributed by atoms with Crippen molar-refractivity contribution in [2.24, 2.45) is 0 Å². The molecular weight excluding hydrogens is 352 g/mol. The fourth-order valence-electron chi connectivity index (χ4n) is 3.49. The van der Waals surface area contributed by atoms with Gasteiger partial charge >= 0.3 is 5.97 Å². The van der Waals surface area contributed by atoms with E-state index < -0.39 is 0 Å². The molecule has 0 unspecified atom stereocenters. The number of ether oxygens (including phenoxy) is 1. The zero-order valence-electron chi connectivity index (χ0n) is 15.0. The lowest BCUT2D eigenvalue weighted by molar-refractivity contribution is -0.144. The van der Waals surface area contributed by atoms with Crippen molar-refractivity contribution < 1.29 is 14.1 Å². The minimum atomic E-state index is -0.363. The van der Waals surface area contributed by atoms with E-state index in [9.17, 15) is 4.79 Å². The van der Waals surface area contributed by atoms with E-state index in [1.165, 1.54) is 0 Å². The average molecular weight is 368 g/mol. The highest BCUT2D eigenvalue weighted by atomic mass is 16.5. The van der Waals surface area contributed by atoms with E-state index in [0.717, 1.165) is 32.8 Å². The number of esters is 1. The third-order valence-electron chi connectivity index (χ3n) is 4.82. The number of rotatable bonds is 4. The van der Waals surface area contributed by atoms with Gasteiger partial charge < -0.3 is 9.26 Å². The molecule has 5 nitrogen and oxygen atoms in total. The fourth-order valence-corrected chi connectivity index (χ4v) is 3.49. The van der Waals surface area contributed by atoms with Crippen molar-refractivity contribution in [1.82, 2.24) is 10.1 Å². The van der Waals surface area contributed by atoms with E-state index in [4.69, 9.17) is 14.2 Å². The van der Waals surface area contributed by atoms with Gasteiger partial charge in [0, 0.05) is 16.2 Å². The highest BCUT2D eigenvalue weighted by Gasteiger charge is 2.15. The Morgan fingerprint density at radius 1 is 0.786 bits per heavy atom. The Morgan fingerprint density at radius 2 is 1.46 bits per heavy atom. The maximum Gasteiger partial charge on any atom is 0.312 e. The summed E-state index contributed by atoms with van der Waals surface area (Å²) < 4.78 is 10.8. The van der Waals surface area contributed by atoms with Gasteiger partial charge in [-0.15, -0.1) is 0 Å². The van der Waals surface area contributed by atoms with Gasteiger partial charge in [0.1, 0.15) is 12.3 Å². The van der Waals surface area contributed by atoms with Crippen molar-refractivity contribution >= 4 is 38.6 Å². The summed E-state index contributed by atoms with van der Waals surface area (Å²) in [4.78, 5) is 17.1. The smallest absolute Gasteiger partial charge is 0.312 e. The van der Waals surface area contributed by atoms with Crippen molar-refractivity contribution in [3.8, 4) is 0 Å². The van der Waals surface area contributed by atoms with E-state index in [2.05, 4.69) is 17.3 Å². The van der Waals surface area contributed by atoms with Crippen molar-refractivity contribution in [2.45, 2.75) is 13.0 Å². The molecule has 5 rings (SSSR count). The van der Waals surface area contributed by atoms with Crippen LogP contribution in [0.15, 0.2) is 77.3 Å². The van der Waals surface area contributed by atoms with Crippen LogP contribution >= 0.6 is 0 Å². The highest BCUT2D eigenvalue weighted by molar-refractivity contribution is 6.06. The molecule has 5 aromatic rings. The van der Waals surface area contributed by atoms with Crippen LogP contribution < -0.4 is 0 Å². The summed E-state index contributed by atoms with van der Waals surface area (Å²) in [5.74, 6) is -0.363. The summed E-state index contributed by atoms with van der Waals surface area (Å²) >= 11 is 0. The van der Waals surface area contributed by atoms with Crippen LogP contribution in [0.2, 0.25) is 0 Å². The lowest BCUT2D eigenvalue weighted by Crippen LogP contribution is -2.09. The molecule has 2 heterocycles. The molecule has 0 spiro atoms. The third kappa shape index (κ3) is 2.87. The van der Waals surface area contributed by atoms with Crippen LogP contribution in [0, 0.1) is 0 Å². The standard InChI is InChI=1S/C23H16N2O3/c26-23(13-20-18-10-4-6-12-22(18)28-25-20)27-14-21-17-9-2-1-7-15(17)16-8-3-5-11-19(16)24-21/h1-12H,13-14H2. The minimum Gasteiger partial charge on any atom is -0.459 e. The predicted molar refractivity (Wildman–Crippen MR) is 107 cm³/mol. The molecule has 0 radical (unpaired) electrons. The van der Waals surface area contributed by atoms with E-state index in [1.807, 2.05) is 60.7 Å². The fraction of sp³-hybridized carbons (Fsp3) is 0.0870. The van der Waals surface area contributed by atoms with Crippen molar-refractivity contribution in [1.29, 1.82) is 0 Å². The maximum absolute atomic E-state index is 12.4. The molecule has 0 saturated carbocycles. The van der Waals surface area contributed by atoms with Gasteiger partial charge in [0.25, 0.3) is 0 Å². The zero-order valence-corrected chi connectivity index (χ0v) is 15.0. The van der Waals surface area contributed by atoms with Crippen LogP contribution in [-0.2, 0) is 22.6 Å². The van der Waals surface area contributed by atoms with Gasteiger partial charge in [-0.25, -0.2) is 4.98 Å². The van der Waals surface area contributed by atoms with Crippen LogP contribution in [0.3, 0.4) is 0 Å². The van der Waals surface area contributed by atoms with Crippen molar-refractivity contribution in [3.05, 3.63) is 84.2 Å². The summed E-state index contributed by atoms with van der Waals surface area (Å²) in [5.41, 5.74) is 2.87. The second-order valence-electron chi connectivity index (χ2n) is 6.58. The van der Waals surface area contributed by atoms with Gasteiger partial charge in [0.2, 0.25) is 0 Å². The van der Waals surface area contributed by atoms with Crippen molar-refractivity contribution in [2.75, 3.05) is 0 Å². The summed E-state index contributed by atoms with van der Waals surface area (Å²) in [6.45, 7) is 0.111. The molecule has 0 bridgehead atoms. The van der Waals surface area contributed by atoms with Gasteiger partial charge in [-0.1, -0.05) is 59.8 Å². The maximum atomic E-state index is 12.4. The van der Waals surface area contributed by atoms with Crippen LogP contribution in [0.1, 0.15) is 11.4 Å². The Labute approximate surface area is 160 Å². The van der Waals surface area contributed by atoms with Gasteiger partial charge in [-0.3, -0.25) is 4.79 Å². The second-order valence-corrected chi connectivity index (χ2v) is 6.58. The Bertz CT molecular complexity index is 1320. The number of aromatic nitrogens is 2. The predicted octanol–water partition coefficient (Wildman–Crippen LogP) is 4.82. The molecule has 28 heavy (non-hydrogen) atoms. The molecule has 136 valence electrons. The van der Waals surface area contributed by atoms with Crippen LogP contribution in [0.5, 0.6) is 0 Å². The van der Waals surface area contributed by atoms with E-state index in [-0.39, 0.29) is 19.0 Å². The molecule has 2 aromatic heterocycles. The largest absolute Gasteiger partial charge is 0.459 e. The van der Waals surface area contributed by atoms with Gasteiger partial charge in [-0.05, 0) is 23.6 Å². The molecule has 0 aliphatic carbocycles. The van der Waals surface area contributed by atoms with Crippen molar-refractivity contribution in [3.63, 3.8) is 0 Å². The van der Waals surface area contributed by atoms with Crippen LogP contribution in [-0.4, -0.2) is 16.1 Å². The number of carbonyl (C=O) groups excluding carboxylic acids is 1. The lowest BCUT2D eigenvalue weighted by atomic mass is 10.0. The first kappa shape index (κ1) is 16.4. The van der Waals surface area contributed by atoms with E-state index in [0.29, 0.717) is 11.3 Å². The molecule has 0 aliphatic heterocycles. The number of nitrogens with zero attached hydrogens (tertiary/aromatic N) is 2. The zero-order chi connectivity index (χ0) is 18.9. The average Bonchev–Trinajstić information content (AvgIpc) is 3.15. The number of hydrogen-bond acceptors (Lipinski definition) is 5. The molecule has 0 atom stereocenters. The molecular formula is C23H16N2O3. The molecule has 5 heteroatoms. The second kappa shape index (κ2) is 6.78. The quantitative estimate of drug-likeness (QED) is 0.336. The first-order valence-electron chi connectivity index (χ1n) is 9.05. The third-order valence-corrected chi connectivity index (χ3v) is 4.82. The van der Waals surface area contributed by atoms with E-state index >= 15 is 0 Å². The minimum absolute atomic E-state index is 0.0581.